The standard InChI is InChI=1S/C24H28BrCl2N3O4/c1-5-9-34-22-18(25)10-15(11-20(22)33-6-2)13-28-30-24(32)21(14(3)4)29-23(31)17-8-7-16(26)12-19(17)27/h7-8,10-14,21H,5-6,9H2,1-4H3,(H,29,31)(H,30,32)/b28-13-. The summed E-state index contributed by atoms with van der Waals surface area (Å²) in [5.74, 6) is 0.0571. The summed E-state index contributed by atoms with van der Waals surface area (Å²) in [6.07, 6.45) is 2.36. The van der Waals surface area contributed by atoms with Gasteiger partial charge < -0.3 is 14.8 Å². The van der Waals surface area contributed by atoms with Crippen LogP contribution in [0.4, 0.5) is 0 Å². The monoisotopic (exact) mass is 571 g/mol. The summed E-state index contributed by atoms with van der Waals surface area (Å²) < 4.78 is 12.2. The molecular weight excluding hydrogens is 545 g/mol. The first-order chi connectivity index (χ1) is 16.2. The largest absolute Gasteiger partial charge is 0.490 e. The Hall–Kier alpha value is -2.29. The molecule has 2 amide bonds. The quantitative estimate of drug-likeness (QED) is 0.261. The zero-order valence-electron chi connectivity index (χ0n) is 19.5. The van der Waals surface area contributed by atoms with Gasteiger partial charge in [-0.3, -0.25) is 9.59 Å². The number of amides is 2. The van der Waals surface area contributed by atoms with Crippen molar-refractivity contribution in [3.05, 3.63) is 56.0 Å². The van der Waals surface area contributed by atoms with E-state index in [1.807, 2.05) is 33.8 Å². The highest BCUT2D eigenvalue weighted by molar-refractivity contribution is 9.10. The second-order valence-corrected chi connectivity index (χ2v) is 9.36. The van der Waals surface area contributed by atoms with Gasteiger partial charge in [-0.05, 0) is 71.1 Å². The van der Waals surface area contributed by atoms with Gasteiger partial charge in [-0.15, -0.1) is 0 Å². The highest BCUT2D eigenvalue weighted by Gasteiger charge is 2.25. The number of hydrogen-bond acceptors (Lipinski definition) is 5. The number of carbonyl (C=O) groups is 2. The average molecular weight is 573 g/mol. The number of carbonyl (C=O) groups excluding carboxylic acids is 2. The van der Waals surface area contributed by atoms with Crippen LogP contribution in [0.25, 0.3) is 0 Å². The third-order valence-electron chi connectivity index (χ3n) is 4.58. The Morgan fingerprint density at radius 3 is 2.50 bits per heavy atom. The van der Waals surface area contributed by atoms with Gasteiger partial charge in [-0.1, -0.05) is 44.0 Å². The number of hydrogen-bond donors (Lipinski definition) is 2. The number of nitrogens with zero attached hydrogens (tertiary/aromatic N) is 1. The lowest BCUT2D eigenvalue weighted by molar-refractivity contribution is -0.123. The van der Waals surface area contributed by atoms with Crippen LogP contribution in [0, 0.1) is 5.92 Å². The van der Waals surface area contributed by atoms with Gasteiger partial charge >= 0.3 is 0 Å². The fraction of sp³-hybridized carbons (Fsp3) is 0.375. The molecule has 0 aromatic heterocycles. The smallest absolute Gasteiger partial charge is 0.262 e. The zero-order chi connectivity index (χ0) is 25.3. The summed E-state index contributed by atoms with van der Waals surface area (Å²) >= 11 is 15.5. The zero-order valence-corrected chi connectivity index (χ0v) is 22.6. The molecule has 2 rings (SSSR count). The Labute approximate surface area is 218 Å². The first kappa shape index (κ1) is 28.0. The van der Waals surface area contributed by atoms with E-state index >= 15 is 0 Å². The molecule has 2 aromatic carbocycles. The molecule has 1 unspecified atom stereocenters. The fourth-order valence-corrected chi connectivity index (χ4v) is 4.01. The Morgan fingerprint density at radius 1 is 1.15 bits per heavy atom. The van der Waals surface area contributed by atoms with Crippen LogP contribution in [-0.4, -0.2) is 37.3 Å². The van der Waals surface area contributed by atoms with E-state index in [0.29, 0.717) is 39.8 Å². The summed E-state index contributed by atoms with van der Waals surface area (Å²) in [6.45, 7) is 8.58. The van der Waals surface area contributed by atoms with Crippen molar-refractivity contribution in [2.24, 2.45) is 11.0 Å². The first-order valence-corrected chi connectivity index (χ1v) is 12.4. The Morgan fingerprint density at radius 2 is 1.88 bits per heavy atom. The van der Waals surface area contributed by atoms with Gasteiger partial charge in [0.25, 0.3) is 11.8 Å². The number of rotatable bonds is 11. The van der Waals surface area contributed by atoms with Gasteiger partial charge in [0.05, 0.1) is 34.5 Å². The van der Waals surface area contributed by atoms with E-state index in [4.69, 9.17) is 32.7 Å². The van der Waals surface area contributed by atoms with Crippen molar-refractivity contribution in [1.29, 1.82) is 0 Å². The second kappa shape index (κ2) is 13.6. The van der Waals surface area contributed by atoms with E-state index < -0.39 is 17.9 Å². The summed E-state index contributed by atoms with van der Waals surface area (Å²) in [7, 11) is 0. The molecule has 2 N–H and O–H groups in total. The molecule has 0 radical (unpaired) electrons. The third-order valence-corrected chi connectivity index (χ3v) is 5.72. The predicted molar refractivity (Wildman–Crippen MR) is 139 cm³/mol. The summed E-state index contributed by atoms with van der Waals surface area (Å²) in [6, 6.07) is 7.30. The summed E-state index contributed by atoms with van der Waals surface area (Å²) in [5.41, 5.74) is 3.41. The SMILES string of the molecule is CCCOc1c(Br)cc(/C=N\NC(=O)C(NC(=O)c2ccc(Cl)cc2Cl)C(C)C)cc1OCC. The number of ether oxygens (including phenoxy) is 2. The van der Waals surface area contributed by atoms with Gasteiger partial charge in [-0.2, -0.15) is 5.10 Å². The second-order valence-electron chi connectivity index (χ2n) is 7.67. The molecule has 0 heterocycles. The topological polar surface area (TPSA) is 89.0 Å². The summed E-state index contributed by atoms with van der Waals surface area (Å²) in [5, 5.41) is 7.38. The average Bonchev–Trinajstić information content (AvgIpc) is 2.76. The molecule has 0 aliphatic carbocycles. The maximum absolute atomic E-state index is 12.7. The van der Waals surface area contributed by atoms with E-state index in [0.717, 1.165) is 6.42 Å². The number of nitrogens with one attached hydrogen (secondary N) is 2. The Balaban J connectivity index is 2.12. The van der Waals surface area contributed by atoms with E-state index in [2.05, 4.69) is 31.8 Å². The molecule has 0 spiro atoms. The molecule has 1 atom stereocenters. The highest BCUT2D eigenvalue weighted by Crippen LogP contribution is 2.36. The molecule has 0 bridgehead atoms. The van der Waals surface area contributed by atoms with E-state index in [-0.39, 0.29) is 16.5 Å². The van der Waals surface area contributed by atoms with E-state index in [1.54, 1.807) is 12.1 Å². The lowest BCUT2D eigenvalue weighted by atomic mass is 10.0. The first-order valence-electron chi connectivity index (χ1n) is 10.9. The maximum Gasteiger partial charge on any atom is 0.262 e. The molecule has 184 valence electrons. The van der Waals surface area contributed by atoms with Crippen molar-refractivity contribution in [1.82, 2.24) is 10.7 Å². The van der Waals surface area contributed by atoms with Crippen molar-refractivity contribution in [2.45, 2.75) is 40.2 Å². The lowest BCUT2D eigenvalue weighted by Gasteiger charge is -2.20. The molecule has 0 aliphatic rings. The number of halogens is 3. The molecule has 0 fully saturated rings. The Kier molecular flexibility index (Phi) is 11.1. The van der Waals surface area contributed by atoms with Crippen molar-refractivity contribution in [3.63, 3.8) is 0 Å². The van der Waals surface area contributed by atoms with Gasteiger partial charge in [0, 0.05) is 5.02 Å². The van der Waals surface area contributed by atoms with Gasteiger partial charge in [-0.25, -0.2) is 5.43 Å². The van der Waals surface area contributed by atoms with Crippen LogP contribution in [0.15, 0.2) is 39.9 Å². The molecule has 34 heavy (non-hydrogen) atoms. The van der Waals surface area contributed by atoms with Crippen LogP contribution in [0.1, 0.15) is 50.0 Å². The molecule has 0 aliphatic heterocycles. The van der Waals surface area contributed by atoms with E-state index in [1.165, 1.54) is 18.3 Å². The van der Waals surface area contributed by atoms with Crippen LogP contribution in [-0.2, 0) is 4.79 Å². The number of benzene rings is 2. The molecule has 0 saturated heterocycles. The van der Waals surface area contributed by atoms with Crippen LogP contribution < -0.4 is 20.2 Å². The Bertz CT molecular complexity index is 1050. The highest BCUT2D eigenvalue weighted by atomic mass is 79.9. The minimum Gasteiger partial charge on any atom is -0.490 e. The minimum atomic E-state index is -0.827. The number of hydrazone groups is 1. The predicted octanol–water partition coefficient (Wildman–Crippen LogP) is 5.85. The van der Waals surface area contributed by atoms with Gasteiger partial charge in [0.1, 0.15) is 6.04 Å². The van der Waals surface area contributed by atoms with Crippen molar-refractivity contribution < 1.29 is 19.1 Å². The lowest BCUT2D eigenvalue weighted by Crippen LogP contribution is -2.48. The minimum absolute atomic E-state index is 0.195. The normalized spacial score (nSPS) is 12.0. The van der Waals surface area contributed by atoms with Crippen LogP contribution in [0.2, 0.25) is 10.0 Å². The molecule has 0 saturated carbocycles. The molecule has 2 aromatic rings. The van der Waals surface area contributed by atoms with Crippen LogP contribution in [0.3, 0.4) is 0 Å². The molecule has 7 nitrogen and oxygen atoms in total. The van der Waals surface area contributed by atoms with Gasteiger partial charge in [0.15, 0.2) is 11.5 Å². The maximum atomic E-state index is 12.7. The third kappa shape index (κ3) is 7.89. The van der Waals surface area contributed by atoms with E-state index in [9.17, 15) is 9.59 Å². The van der Waals surface area contributed by atoms with Gasteiger partial charge in [0.2, 0.25) is 0 Å². The van der Waals surface area contributed by atoms with Crippen LogP contribution in [0.5, 0.6) is 11.5 Å². The molecule has 10 heteroatoms. The molecular formula is C24H28BrCl2N3O4. The fourth-order valence-electron chi connectivity index (χ4n) is 2.94. The van der Waals surface area contributed by atoms with Crippen LogP contribution >= 0.6 is 39.1 Å². The van der Waals surface area contributed by atoms with Crippen molar-refractivity contribution in [3.8, 4) is 11.5 Å². The van der Waals surface area contributed by atoms with Crippen molar-refractivity contribution in [2.75, 3.05) is 13.2 Å². The summed E-state index contributed by atoms with van der Waals surface area (Å²) in [4.78, 5) is 25.4. The van der Waals surface area contributed by atoms with Crippen molar-refractivity contribution >= 4 is 57.2 Å².